The monoisotopic (exact) mass is 212 g/mol. The standard InChI is InChI=1S/C13H28N2/c1-9(2)13(14-10(3)4)15(11(5)6)12(7)8/h9-12H,1-8H3/b14-13-. The highest BCUT2D eigenvalue weighted by Gasteiger charge is 2.20. The molecule has 0 saturated carbocycles. The minimum absolute atomic E-state index is 0.377. The molecule has 0 aliphatic rings. The van der Waals surface area contributed by atoms with Crippen molar-refractivity contribution in [2.75, 3.05) is 0 Å². The van der Waals surface area contributed by atoms with Crippen LogP contribution in [0.25, 0.3) is 0 Å². The number of rotatable bonds is 4. The molecule has 2 nitrogen and oxygen atoms in total. The topological polar surface area (TPSA) is 15.6 Å². The molecule has 90 valence electrons. The summed E-state index contributed by atoms with van der Waals surface area (Å²) in [5, 5.41) is 0. The van der Waals surface area contributed by atoms with E-state index in [0.717, 1.165) is 0 Å². The molecule has 0 unspecified atom stereocenters. The van der Waals surface area contributed by atoms with Crippen LogP contribution in [0, 0.1) is 5.92 Å². The molecule has 0 atom stereocenters. The van der Waals surface area contributed by atoms with Crippen LogP contribution in [0.15, 0.2) is 4.99 Å². The van der Waals surface area contributed by atoms with Crippen LogP contribution in [0.4, 0.5) is 0 Å². The summed E-state index contributed by atoms with van der Waals surface area (Å²) in [6.45, 7) is 17.7. The second kappa shape index (κ2) is 6.14. The van der Waals surface area contributed by atoms with Gasteiger partial charge < -0.3 is 4.90 Å². The number of hydrogen-bond donors (Lipinski definition) is 0. The van der Waals surface area contributed by atoms with Gasteiger partial charge in [-0.15, -0.1) is 0 Å². The number of nitrogens with zero attached hydrogens (tertiary/aromatic N) is 2. The van der Waals surface area contributed by atoms with E-state index in [0.29, 0.717) is 24.0 Å². The molecule has 2 heteroatoms. The van der Waals surface area contributed by atoms with Crippen LogP contribution in [0.5, 0.6) is 0 Å². The molecule has 0 fully saturated rings. The molecular weight excluding hydrogens is 184 g/mol. The highest BCUT2D eigenvalue weighted by molar-refractivity contribution is 5.84. The summed E-state index contributed by atoms with van der Waals surface area (Å²) in [4.78, 5) is 7.18. The Bertz CT molecular complexity index is 195. The lowest BCUT2D eigenvalue weighted by Crippen LogP contribution is -2.44. The Labute approximate surface area is 95.8 Å². The molecule has 0 N–H and O–H groups in total. The van der Waals surface area contributed by atoms with E-state index in [1.165, 1.54) is 5.84 Å². The Hall–Kier alpha value is -0.530. The van der Waals surface area contributed by atoms with Crippen LogP contribution < -0.4 is 0 Å². The van der Waals surface area contributed by atoms with Crippen molar-refractivity contribution in [1.29, 1.82) is 0 Å². The van der Waals surface area contributed by atoms with Crippen LogP contribution >= 0.6 is 0 Å². The zero-order valence-electron chi connectivity index (χ0n) is 11.7. The van der Waals surface area contributed by atoms with Gasteiger partial charge in [-0.05, 0) is 41.5 Å². The minimum atomic E-state index is 0.377. The predicted octanol–water partition coefficient (Wildman–Crippen LogP) is 3.57. The maximum atomic E-state index is 4.76. The lowest BCUT2D eigenvalue weighted by Gasteiger charge is -2.36. The van der Waals surface area contributed by atoms with E-state index in [1.807, 2.05) is 0 Å². The Kier molecular flexibility index (Phi) is 5.92. The summed E-state index contributed by atoms with van der Waals surface area (Å²) in [6.07, 6.45) is 0. The van der Waals surface area contributed by atoms with Crippen molar-refractivity contribution in [2.45, 2.75) is 73.5 Å². The maximum absolute atomic E-state index is 4.76. The second-order valence-corrected chi connectivity index (χ2v) is 5.33. The zero-order chi connectivity index (χ0) is 12.2. The van der Waals surface area contributed by atoms with Crippen molar-refractivity contribution in [3.8, 4) is 0 Å². The van der Waals surface area contributed by atoms with Gasteiger partial charge in [0.05, 0.1) is 0 Å². The first-order valence-electron chi connectivity index (χ1n) is 6.13. The fourth-order valence-electron chi connectivity index (χ4n) is 1.90. The van der Waals surface area contributed by atoms with Gasteiger partial charge in [0.25, 0.3) is 0 Å². The number of aliphatic imine (C=N–C) groups is 1. The average molecular weight is 212 g/mol. The van der Waals surface area contributed by atoms with Crippen LogP contribution in [0.1, 0.15) is 55.4 Å². The van der Waals surface area contributed by atoms with Crippen molar-refractivity contribution in [2.24, 2.45) is 10.9 Å². The van der Waals surface area contributed by atoms with E-state index in [9.17, 15) is 0 Å². The number of hydrogen-bond acceptors (Lipinski definition) is 1. The third-order valence-electron chi connectivity index (χ3n) is 2.28. The summed E-state index contributed by atoms with van der Waals surface area (Å²) in [7, 11) is 0. The van der Waals surface area contributed by atoms with Crippen molar-refractivity contribution >= 4 is 5.84 Å². The summed E-state index contributed by atoms with van der Waals surface area (Å²) in [5.74, 6) is 1.74. The Morgan fingerprint density at radius 2 is 1.20 bits per heavy atom. The van der Waals surface area contributed by atoms with Crippen molar-refractivity contribution in [3.63, 3.8) is 0 Å². The Morgan fingerprint density at radius 1 is 0.800 bits per heavy atom. The van der Waals surface area contributed by atoms with E-state index >= 15 is 0 Å². The Morgan fingerprint density at radius 3 is 1.40 bits per heavy atom. The first-order valence-corrected chi connectivity index (χ1v) is 6.13. The summed E-state index contributed by atoms with van der Waals surface area (Å²) in [5.41, 5.74) is 0. The van der Waals surface area contributed by atoms with Crippen molar-refractivity contribution < 1.29 is 0 Å². The van der Waals surface area contributed by atoms with Gasteiger partial charge in [0.15, 0.2) is 0 Å². The molecule has 0 aromatic heterocycles. The summed E-state index contributed by atoms with van der Waals surface area (Å²) in [6, 6.07) is 1.41. The van der Waals surface area contributed by atoms with E-state index in [2.05, 4.69) is 60.3 Å². The lowest BCUT2D eigenvalue weighted by atomic mass is 10.1. The van der Waals surface area contributed by atoms with Gasteiger partial charge in [0, 0.05) is 24.0 Å². The smallest absolute Gasteiger partial charge is 0.102 e. The highest BCUT2D eigenvalue weighted by Crippen LogP contribution is 2.13. The maximum Gasteiger partial charge on any atom is 0.102 e. The van der Waals surface area contributed by atoms with Crippen molar-refractivity contribution in [3.05, 3.63) is 0 Å². The van der Waals surface area contributed by atoms with E-state index in [1.54, 1.807) is 0 Å². The van der Waals surface area contributed by atoms with Gasteiger partial charge in [-0.3, -0.25) is 4.99 Å². The highest BCUT2D eigenvalue weighted by atomic mass is 15.2. The number of amidine groups is 1. The summed E-state index contributed by atoms with van der Waals surface area (Å²) >= 11 is 0. The van der Waals surface area contributed by atoms with Crippen LogP contribution in [-0.2, 0) is 0 Å². The third-order valence-corrected chi connectivity index (χ3v) is 2.28. The van der Waals surface area contributed by atoms with Gasteiger partial charge in [-0.2, -0.15) is 0 Å². The molecular formula is C13H28N2. The molecule has 0 aromatic carbocycles. The third kappa shape index (κ3) is 4.67. The molecule has 0 spiro atoms. The first-order chi connectivity index (χ1) is 6.77. The molecule has 0 heterocycles. The molecule has 0 aliphatic heterocycles. The van der Waals surface area contributed by atoms with Gasteiger partial charge in [0.2, 0.25) is 0 Å². The molecule has 15 heavy (non-hydrogen) atoms. The quantitative estimate of drug-likeness (QED) is 0.514. The predicted molar refractivity (Wildman–Crippen MR) is 69.5 cm³/mol. The zero-order valence-corrected chi connectivity index (χ0v) is 11.7. The van der Waals surface area contributed by atoms with Gasteiger partial charge in [0.1, 0.15) is 5.84 Å². The molecule has 0 rings (SSSR count). The first kappa shape index (κ1) is 14.5. The van der Waals surface area contributed by atoms with Crippen molar-refractivity contribution in [1.82, 2.24) is 4.90 Å². The average Bonchev–Trinajstić information content (AvgIpc) is 2.00. The van der Waals surface area contributed by atoms with E-state index in [-0.39, 0.29) is 0 Å². The molecule has 0 saturated heterocycles. The largest absolute Gasteiger partial charge is 0.355 e. The van der Waals surface area contributed by atoms with E-state index in [4.69, 9.17) is 4.99 Å². The fraction of sp³-hybridized carbons (Fsp3) is 0.923. The minimum Gasteiger partial charge on any atom is -0.355 e. The molecule has 0 bridgehead atoms. The van der Waals surface area contributed by atoms with Gasteiger partial charge >= 0.3 is 0 Å². The van der Waals surface area contributed by atoms with E-state index < -0.39 is 0 Å². The molecule has 0 aliphatic carbocycles. The van der Waals surface area contributed by atoms with Crippen LogP contribution in [0.2, 0.25) is 0 Å². The van der Waals surface area contributed by atoms with Crippen LogP contribution in [-0.4, -0.2) is 28.9 Å². The molecule has 0 radical (unpaired) electrons. The summed E-state index contributed by atoms with van der Waals surface area (Å²) < 4.78 is 0. The second-order valence-electron chi connectivity index (χ2n) is 5.33. The fourth-order valence-corrected chi connectivity index (χ4v) is 1.90. The Balaban J connectivity index is 5.02. The lowest BCUT2D eigenvalue weighted by molar-refractivity contribution is 0.278. The SMILES string of the molecule is CC(C)/N=C(/C(C)C)N(C(C)C)C(C)C. The van der Waals surface area contributed by atoms with Gasteiger partial charge in [-0.1, -0.05) is 13.8 Å². The molecule has 0 aromatic rings. The van der Waals surface area contributed by atoms with Gasteiger partial charge in [-0.25, -0.2) is 0 Å². The van der Waals surface area contributed by atoms with Crippen LogP contribution in [0.3, 0.4) is 0 Å². The normalized spacial score (nSPS) is 13.5. The molecule has 0 amide bonds.